The summed E-state index contributed by atoms with van der Waals surface area (Å²) in [5.41, 5.74) is 6.51. The zero-order valence-corrected chi connectivity index (χ0v) is 11.6. The smallest absolute Gasteiger partial charge is 0.0487 e. The molecular weight excluding hydrogens is 210 g/mol. The first-order valence-electron chi connectivity index (χ1n) is 7.44. The lowest BCUT2D eigenvalue weighted by Crippen LogP contribution is -2.70. The molecule has 2 N–H and O–H groups in total. The van der Waals surface area contributed by atoms with Crippen LogP contribution in [0.25, 0.3) is 0 Å². The van der Waals surface area contributed by atoms with Crippen molar-refractivity contribution in [3.63, 3.8) is 0 Å². The van der Waals surface area contributed by atoms with Crippen LogP contribution in [-0.2, 0) is 0 Å². The molecule has 3 rings (SSSR count). The Morgan fingerprint density at radius 3 is 2.12 bits per heavy atom. The van der Waals surface area contributed by atoms with Gasteiger partial charge in [0, 0.05) is 18.6 Å². The van der Waals surface area contributed by atoms with Crippen molar-refractivity contribution < 1.29 is 0 Å². The molecule has 100 valence electrons. The molecule has 3 fully saturated rings. The fourth-order valence-corrected chi connectivity index (χ4v) is 3.96. The van der Waals surface area contributed by atoms with Gasteiger partial charge in [0.2, 0.25) is 0 Å². The molecule has 17 heavy (non-hydrogen) atoms. The summed E-state index contributed by atoms with van der Waals surface area (Å²) in [6.45, 7) is 11.7. The van der Waals surface area contributed by atoms with E-state index >= 15 is 0 Å². The molecule has 0 aliphatic carbocycles. The minimum Gasteiger partial charge on any atom is -0.329 e. The van der Waals surface area contributed by atoms with Gasteiger partial charge >= 0.3 is 0 Å². The molecule has 3 nitrogen and oxygen atoms in total. The Bertz CT molecular complexity index is 230. The van der Waals surface area contributed by atoms with Gasteiger partial charge in [-0.25, -0.2) is 0 Å². The van der Waals surface area contributed by atoms with Crippen molar-refractivity contribution in [3.05, 3.63) is 0 Å². The second kappa shape index (κ2) is 5.68. The fourth-order valence-electron chi connectivity index (χ4n) is 3.96. The quantitative estimate of drug-likeness (QED) is 0.763. The summed E-state index contributed by atoms with van der Waals surface area (Å²) in [7, 11) is 0. The van der Waals surface area contributed by atoms with Gasteiger partial charge in [-0.15, -0.1) is 0 Å². The van der Waals surface area contributed by atoms with E-state index in [4.69, 9.17) is 5.73 Å². The van der Waals surface area contributed by atoms with Crippen molar-refractivity contribution in [2.45, 2.75) is 45.1 Å². The number of nitrogens with two attached hydrogens (primary N) is 1. The lowest BCUT2D eigenvalue weighted by molar-refractivity contribution is -0.0672. The number of rotatable bonds is 6. The first-order chi connectivity index (χ1) is 8.26. The van der Waals surface area contributed by atoms with Gasteiger partial charge in [-0.05, 0) is 57.8 Å². The zero-order chi connectivity index (χ0) is 12.3. The first kappa shape index (κ1) is 13.3. The standard InChI is InChI=1S/C14H29N3/c1-3-7-17(8-4-2)14(11-15)12-16-9-5-13(14)6-10-16/h13H,3-12,15H2,1-2H3. The van der Waals surface area contributed by atoms with Gasteiger partial charge in [0.1, 0.15) is 0 Å². The lowest BCUT2D eigenvalue weighted by atomic mass is 9.71. The number of hydrogen-bond donors (Lipinski definition) is 1. The predicted molar refractivity (Wildman–Crippen MR) is 73.1 cm³/mol. The van der Waals surface area contributed by atoms with E-state index in [1.54, 1.807) is 0 Å². The van der Waals surface area contributed by atoms with Gasteiger partial charge in [-0.3, -0.25) is 4.90 Å². The summed E-state index contributed by atoms with van der Waals surface area (Å²) in [4.78, 5) is 5.34. The third kappa shape index (κ3) is 2.38. The van der Waals surface area contributed by atoms with Crippen molar-refractivity contribution in [2.24, 2.45) is 11.7 Å². The van der Waals surface area contributed by atoms with Gasteiger partial charge in [0.15, 0.2) is 0 Å². The van der Waals surface area contributed by atoms with Crippen molar-refractivity contribution in [1.29, 1.82) is 0 Å². The highest BCUT2D eigenvalue weighted by Gasteiger charge is 2.48. The maximum Gasteiger partial charge on any atom is 0.0487 e. The van der Waals surface area contributed by atoms with Crippen LogP contribution in [0.15, 0.2) is 0 Å². The molecule has 3 heteroatoms. The molecule has 0 aromatic rings. The van der Waals surface area contributed by atoms with E-state index in [-0.39, 0.29) is 0 Å². The summed E-state index contributed by atoms with van der Waals surface area (Å²) in [6.07, 6.45) is 5.21. The van der Waals surface area contributed by atoms with E-state index in [0.29, 0.717) is 5.54 Å². The first-order valence-corrected chi connectivity index (χ1v) is 7.44. The number of fused-ring (bicyclic) bond motifs is 3. The molecule has 3 saturated heterocycles. The zero-order valence-electron chi connectivity index (χ0n) is 11.6. The van der Waals surface area contributed by atoms with Crippen LogP contribution in [-0.4, -0.2) is 54.6 Å². The van der Waals surface area contributed by atoms with Crippen LogP contribution >= 0.6 is 0 Å². The van der Waals surface area contributed by atoms with E-state index in [2.05, 4.69) is 23.6 Å². The summed E-state index contributed by atoms with van der Waals surface area (Å²) < 4.78 is 0. The van der Waals surface area contributed by atoms with Crippen LogP contribution in [0.2, 0.25) is 0 Å². The fraction of sp³-hybridized carbons (Fsp3) is 1.00. The Labute approximate surface area is 106 Å². The predicted octanol–water partition coefficient (Wildman–Crippen LogP) is 1.53. The van der Waals surface area contributed by atoms with Gasteiger partial charge in [-0.1, -0.05) is 13.8 Å². The molecule has 3 heterocycles. The number of nitrogens with zero attached hydrogens (tertiary/aromatic N) is 2. The third-order valence-corrected chi connectivity index (χ3v) is 4.82. The van der Waals surface area contributed by atoms with Crippen LogP contribution < -0.4 is 5.73 Å². The Balaban J connectivity index is 2.16. The molecule has 0 amide bonds. The Hall–Kier alpha value is -0.120. The van der Waals surface area contributed by atoms with E-state index in [1.165, 1.54) is 58.4 Å². The van der Waals surface area contributed by atoms with Gasteiger partial charge in [-0.2, -0.15) is 0 Å². The third-order valence-electron chi connectivity index (χ3n) is 4.82. The van der Waals surface area contributed by atoms with Crippen LogP contribution in [0.1, 0.15) is 39.5 Å². The van der Waals surface area contributed by atoms with E-state index in [9.17, 15) is 0 Å². The average Bonchev–Trinajstić information content (AvgIpc) is 2.39. The molecule has 3 aliphatic rings. The van der Waals surface area contributed by atoms with Crippen LogP contribution in [0.4, 0.5) is 0 Å². The van der Waals surface area contributed by atoms with E-state index in [0.717, 1.165) is 12.5 Å². The molecule has 1 unspecified atom stereocenters. The second-order valence-electron chi connectivity index (χ2n) is 5.85. The molecule has 0 aromatic carbocycles. The minimum absolute atomic E-state index is 0.294. The number of hydrogen-bond acceptors (Lipinski definition) is 3. The van der Waals surface area contributed by atoms with E-state index < -0.39 is 0 Å². The maximum absolute atomic E-state index is 6.22. The molecule has 0 spiro atoms. The molecule has 0 aromatic heterocycles. The van der Waals surface area contributed by atoms with Crippen LogP contribution in [0.5, 0.6) is 0 Å². The lowest BCUT2D eigenvalue weighted by Gasteiger charge is -2.58. The van der Waals surface area contributed by atoms with Crippen LogP contribution in [0, 0.1) is 5.92 Å². The maximum atomic E-state index is 6.22. The monoisotopic (exact) mass is 239 g/mol. The van der Waals surface area contributed by atoms with Crippen molar-refractivity contribution in [3.8, 4) is 0 Å². The van der Waals surface area contributed by atoms with Crippen molar-refractivity contribution >= 4 is 0 Å². The Kier molecular flexibility index (Phi) is 4.45. The SMILES string of the molecule is CCCN(CCC)C1(CN)CN2CCC1CC2. The molecule has 1 atom stereocenters. The Morgan fingerprint density at radius 2 is 1.76 bits per heavy atom. The highest BCUT2D eigenvalue weighted by atomic mass is 15.3. The second-order valence-corrected chi connectivity index (χ2v) is 5.85. The minimum atomic E-state index is 0.294. The summed E-state index contributed by atoms with van der Waals surface area (Å²) >= 11 is 0. The normalized spacial score (nSPS) is 36.7. The number of piperidine rings is 3. The highest BCUT2D eigenvalue weighted by molar-refractivity contribution is 5.06. The van der Waals surface area contributed by atoms with Gasteiger partial charge in [0.05, 0.1) is 0 Å². The van der Waals surface area contributed by atoms with Gasteiger partial charge in [0.25, 0.3) is 0 Å². The van der Waals surface area contributed by atoms with Crippen molar-refractivity contribution in [2.75, 3.05) is 39.3 Å². The van der Waals surface area contributed by atoms with E-state index in [1.807, 2.05) is 0 Å². The topological polar surface area (TPSA) is 32.5 Å². The summed E-state index contributed by atoms with van der Waals surface area (Å²) in [6, 6.07) is 0. The summed E-state index contributed by atoms with van der Waals surface area (Å²) in [5.74, 6) is 0.843. The molecule has 0 radical (unpaired) electrons. The molecule has 0 saturated carbocycles. The largest absolute Gasteiger partial charge is 0.329 e. The molecule has 2 bridgehead atoms. The van der Waals surface area contributed by atoms with Crippen LogP contribution in [0.3, 0.4) is 0 Å². The molecule has 3 aliphatic heterocycles. The Morgan fingerprint density at radius 1 is 1.18 bits per heavy atom. The average molecular weight is 239 g/mol. The summed E-state index contributed by atoms with van der Waals surface area (Å²) in [5, 5.41) is 0. The van der Waals surface area contributed by atoms with Crippen molar-refractivity contribution in [1.82, 2.24) is 9.80 Å². The highest BCUT2D eigenvalue weighted by Crippen LogP contribution is 2.39. The molecular formula is C14H29N3. The van der Waals surface area contributed by atoms with Gasteiger partial charge < -0.3 is 10.6 Å².